The maximum Gasteiger partial charge on any atom is 0.145 e. The number of hydrogen-bond acceptors (Lipinski definition) is 5. The van der Waals surface area contributed by atoms with Crippen molar-refractivity contribution in [3.63, 3.8) is 0 Å². The summed E-state index contributed by atoms with van der Waals surface area (Å²) < 4.78 is 11.1. The van der Waals surface area contributed by atoms with Gasteiger partial charge in [-0.05, 0) is 43.5 Å². The van der Waals surface area contributed by atoms with Crippen LogP contribution in [0.25, 0.3) is 10.9 Å². The fourth-order valence-corrected chi connectivity index (χ4v) is 3.41. The zero-order valence-corrected chi connectivity index (χ0v) is 15.8. The van der Waals surface area contributed by atoms with Crippen LogP contribution in [0.3, 0.4) is 0 Å². The fraction of sp³-hybridized carbons (Fsp3) is 0.550. The molecule has 25 heavy (non-hydrogen) atoms. The highest BCUT2D eigenvalue weighted by Crippen LogP contribution is 2.36. The van der Waals surface area contributed by atoms with Crippen molar-refractivity contribution in [3.05, 3.63) is 23.8 Å². The molecule has 3 rings (SSSR count). The van der Waals surface area contributed by atoms with E-state index in [1.165, 1.54) is 18.4 Å². The summed E-state index contributed by atoms with van der Waals surface area (Å²) in [5, 5.41) is 4.56. The number of aromatic nitrogens is 1. The van der Waals surface area contributed by atoms with E-state index in [1.807, 2.05) is 12.1 Å². The maximum atomic E-state index is 5.56. The first-order valence-corrected chi connectivity index (χ1v) is 9.14. The average Bonchev–Trinajstić information content (AvgIpc) is 3.14. The molecule has 1 fully saturated rings. The van der Waals surface area contributed by atoms with E-state index in [4.69, 9.17) is 14.5 Å². The second-order valence-corrected chi connectivity index (χ2v) is 7.06. The molecule has 2 heterocycles. The molecule has 5 nitrogen and oxygen atoms in total. The molecule has 1 saturated heterocycles. The maximum absolute atomic E-state index is 5.56. The molecular formula is C20H29N3O2. The molecule has 1 aromatic heterocycles. The number of nitrogens with zero attached hydrogens (tertiary/aromatic N) is 2. The van der Waals surface area contributed by atoms with Crippen LogP contribution in [0.5, 0.6) is 11.5 Å². The molecule has 1 aliphatic rings. The third kappa shape index (κ3) is 3.82. The van der Waals surface area contributed by atoms with Crippen molar-refractivity contribution < 1.29 is 9.47 Å². The van der Waals surface area contributed by atoms with E-state index < -0.39 is 0 Å². The number of nitrogens with one attached hydrogen (secondary N) is 1. The van der Waals surface area contributed by atoms with Gasteiger partial charge >= 0.3 is 0 Å². The Kier molecular flexibility index (Phi) is 5.63. The minimum Gasteiger partial charge on any atom is -0.496 e. The normalized spacial score (nSPS) is 14.5. The predicted octanol–water partition coefficient (Wildman–Crippen LogP) is 3.60. The minimum absolute atomic E-state index is 0.623. The fourth-order valence-electron chi connectivity index (χ4n) is 3.41. The van der Waals surface area contributed by atoms with E-state index in [9.17, 15) is 0 Å². The van der Waals surface area contributed by atoms with Crippen molar-refractivity contribution in [2.45, 2.75) is 33.2 Å². The summed E-state index contributed by atoms with van der Waals surface area (Å²) in [5.74, 6) is 3.32. The van der Waals surface area contributed by atoms with Crippen LogP contribution in [0, 0.1) is 5.92 Å². The molecule has 0 amide bonds. The lowest BCUT2D eigenvalue weighted by Gasteiger charge is -2.22. The largest absolute Gasteiger partial charge is 0.496 e. The molecule has 136 valence electrons. The van der Waals surface area contributed by atoms with Crippen LogP contribution in [0.4, 0.5) is 5.82 Å². The van der Waals surface area contributed by atoms with E-state index >= 15 is 0 Å². The van der Waals surface area contributed by atoms with Gasteiger partial charge in [-0.1, -0.05) is 13.8 Å². The SMILES string of the molecule is COc1ccc(OC)c2nc(N3CCCC3)c(CNCC(C)C)cc12. The Labute approximate surface area is 150 Å². The highest BCUT2D eigenvalue weighted by molar-refractivity contribution is 5.92. The Morgan fingerprint density at radius 2 is 1.80 bits per heavy atom. The lowest BCUT2D eigenvalue weighted by molar-refractivity contribution is 0.409. The number of benzene rings is 1. The van der Waals surface area contributed by atoms with E-state index in [-0.39, 0.29) is 0 Å². The smallest absolute Gasteiger partial charge is 0.145 e. The quantitative estimate of drug-likeness (QED) is 0.832. The zero-order chi connectivity index (χ0) is 17.8. The van der Waals surface area contributed by atoms with Gasteiger partial charge in [0.2, 0.25) is 0 Å². The number of hydrogen-bond donors (Lipinski definition) is 1. The van der Waals surface area contributed by atoms with Crippen LogP contribution in [-0.2, 0) is 6.54 Å². The second-order valence-electron chi connectivity index (χ2n) is 7.06. The molecule has 0 spiro atoms. The predicted molar refractivity (Wildman–Crippen MR) is 103 cm³/mol. The summed E-state index contributed by atoms with van der Waals surface area (Å²) >= 11 is 0. The first kappa shape index (κ1) is 17.8. The topological polar surface area (TPSA) is 46.6 Å². The van der Waals surface area contributed by atoms with Gasteiger partial charge in [-0.3, -0.25) is 0 Å². The molecule has 5 heteroatoms. The van der Waals surface area contributed by atoms with Crippen molar-refractivity contribution in [3.8, 4) is 11.5 Å². The van der Waals surface area contributed by atoms with Crippen molar-refractivity contribution >= 4 is 16.7 Å². The summed E-state index contributed by atoms with van der Waals surface area (Å²) in [5.41, 5.74) is 2.10. The first-order chi connectivity index (χ1) is 12.1. The van der Waals surface area contributed by atoms with Gasteiger partial charge in [0.25, 0.3) is 0 Å². The Hall–Kier alpha value is -2.01. The number of ether oxygens (including phenoxy) is 2. The van der Waals surface area contributed by atoms with E-state index in [0.717, 1.165) is 54.4 Å². The molecule has 0 unspecified atom stereocenters. The van der Waals surface area contributed by atoms with Crippen LogP contribution in [0.2, 0.25) is 0 Å². The molecule has 0 radical (unpaired) electrons. The van der Waals surface area contributed by atoms with Crippen molar-refractivity contribution in [1.29, 1.82) is 0 Å². The van der Waals surface area contributed by atoms with Crippen LogP contribution < -0.4 is 19.7 Å². The summed E-state index contributed by atoms with van der Waals surface area (Å²) in [6.07, 6.45) is 2.46. The van der Waals surface area contributed by atoms with Crippen LogP contribution >= 0.6 is 0 Å². The molecular weight excluding hydrogens is 314 g/mol. The second kappa shape index (κ2) is 7.91. The summed E-state index contributed by atoms with van der Waals surface area (Å²) in [6.45, 7) is 8.39. The highest BCUT2D eigenvalue weighted by atomic mass is 16.5. The molecule has 1 N–H and O–H groups in total. The highest BCUT2D eigenvalue weighted by Gasteiger charge is 2.20. The number of anilines is 1. The van der Waals surface area contributed by atoms with Crippen molar-refractivity contribution in [2.75, 3.05) is 38.8 Å². The number of methoxy groups -OCH3 is 2. The third-order valence-electron chi connectivity index (χ3n) is 4.68. The Morgan fingerprint density at radius 1 is 1.12 bits per heavy atom. The third-order valence-corrected chi connectivity index (χ3v) is 4.68. The van der Waals surface area contributed by atoms with E-state index in [2.05, 4.69) is 30.1 Å². The molecule has 1 aromatic carbocycles. The van der Waals surface area contributed by atoms with E-state index in [1.54, 1.807) is 14.2 Å². The lowest BCUT2D eigenvalue weighted by Crippen LogP contribution is -2.24. The van der Waals surface area contributed by atoms with Crippen LogP contribution in [0.15, 0.2) is 18.2 Å². The Bertz CT molecular complexity index is 724. The van der Waals surface area contributed by atoms with Crippen molar-refractivity contribution in [1.82, 2.24) is 10.3 Å². The van der Waals surface area contributed by atoms with Gasteiger partial charge in [0, 0.05) is 30.6 Å². The van der Waals surface area contributed by atoms with E-state index in [0.29, 0.717) is 5.92 Å². The molecule has 0 bridgehead atoms. The van der Waals surface area contributed by atoms with Gasteiger partial charge in [-0.2, -0.15) is 0 Å². The Balaban J connectivity index is 2.07. The monoisotopic (exact) mass is 343 g/mol. The minimum atomic E-state index is 0.623. The van der Waals surface area contributed by atoms with Gasteiger partial charge in [0.05, 0.1) is 14.2 Å². The van der Waals surface area contributed by atoms with Crippen LogP contribution in [0.1, 0.15) is 32.3 Å². The van der Waals surface area contributed by atoms with Gasteiger partial charge in [0.1, 0.15) is 22.8 Å². The summed E-state index contributed by atoms with van der Waals surface area (Å²) in [6, 6.07) is 6.09. The van der Waals surface area contributed by atoms with Gasteiger partial charge in [-0.15, -0.1) is 0 Å². The zero-order valence-electron chi connectivity index (χ0n) is 15.8. The lowest BCUT2D eigenvalue weighted by atomic mass is 10.1. The summed E-state index contributed by atoms with van der Waals surface area (Å²) in [7, 11) is 3.39. The van der Waals surface area contributed by atoms with Gasteiger partial charge in [-0.25, -0.2) is 4.98 Å². The molecule has 0 atom stereocenters. The Morgan fingerprint density at radius 3 is 2.44 bits per heavy atom. The standard InChI is InChI=1S/C20H29N3O2/c1-14(2)12-21-13-15-11-16-17(24-3)7-8-18(25-4)19(16)22-20(15)23-9-5-6-10-23/h7-8,11,14,21H,5-6,9-10,12-13H2,1-4H3. The van der Waals surface area contributed by atoms with Gasteiger partial charge in [0.15, 0.2) is 0 Å². The summed E-state index contributed by atoms with van der Waals surface area (Å²) in [4.78, 5) is 7.41. The molecule has 1 aliphatic heterocycles. The van der Waals surface area contributed by atoms with Crippen LogP contribution in [-0.4, -0.2) is 38.8 Å². The average molecular weight is 343 g/mol. The number of rotatable bonds is 7. The molecule has 2 aromatic rings. The van der Waals surface area contributed by atoms with Crippen molar-refractivity contribution in [2.24, 2.45) is 5.92 Å². The first-order valence-electron chi connectivity index (χ1n) is 9.14. The number of pyridine rings is 1. The molecule has 0 aliphatic carbocycles. The van der Waals surface area contributed by atoms with Gasteiger partial charge < -0.3 is 19.7 Å². The number of fused-ring (bicyclic) bond motifs is 1. The molecule has 0 saturated carbocycles.